The van der Waals surface area contributed by atoms with Crippen LogP contribution in [0.5, 0.6) is 5.75 Å². The Morgan fingerprint density at radius 1 is 0.977 bits per heavy atom. The number of amides is 2. The van der Waals surface area contributed by atoms with Crippen LogP contribution in [-0.2, 0) is 26.2 Å². The van der Waals surface area contributed by atoms with Gasteiger partial charge in [0.2, 0.25) is 11.8 Å². The first-order valence-corrected chi connectivity index (χ1v) is 17.0. The predicted octanol–water partition coefficient (Wildman–Crippen LogP) is 6.76. The number of sulfonamides is 1. The van der Waals surface area contributed by atoms with Crippen LogP contribution in [0.4, 0.5) is 5.69 Å². The Labute approximate surface area is 270 Å². The number of rotatable bonds is 12. The number of carbonyl (C=O) groups excluding carboxylic acids is 2. The van der Waals surface area contributed by atoms with Crippen LogP contribution in [0.1, 0.15) is 56.6 Å². The minimum atomic E-state index is -4.19. The Hall–Kier alpha value is -3.27. The predicted molar refractivity (Wildman–Crippen MR) is 175 cm³/mol. The average Bonchev–Trinajstić information content (AvgIpc) is 3.02. The number of nitrogens with zero attached hydrogens (tertiary/aromatic N) is 2. The van der Waals surface area contributed by atoms with E-state index in [1.54, 1.807) is 54.6 Å². The molecular formula is C33H39Cl2N3O5S. The molecule has 3 aromatic carbocycles. The number of hydrogen-bond donors (Lipinski definition) is 1. The molecule has 1 saturated carbocycles. The molecule has 1 unspecified atom stereocenters. The number of carbonyl (C=O) groups is 2. The van der Waals surface area contributed by atoms with Crippen LogP contribution in [0.3, 0.4) is 0 Å². The van der Waals surface area contributed by atoms with Crippen LogP contribution >= 0.6 is 23.2 Å². The number of halogens is 2. The summed E-state index contributed by atoms with van der Waals surface area (Å²) in [5.41, 5.74) is 1.81. The minimum absolute atomic E-state index is 0.0306. The van der Waals surface area contributed by atoms with E-state index in [9.17, 15) is 18.0 Å². The lowest BCUT2D eigenvalue weighted by Gasteiger charge is -2.34. The Morgan fingerprint density at radius 3 is 2.32 bits per heavy atom. The molecule has 8 nitrogen and oxygen atoms in total. The fraction of sp³-hybridized carbons (Fsp3) is 0.394. The van der Waals surface area contributed by atoms with Gasteiger partial charge >= 0.3 is 0 Å². The van der Waals surface area contributed by atoms with Crippen molar-refractivity contribution in [2.45, 2.75) is 75.9 Å². The fourth-order valence-electron chi connectivity index (χ4n) is 5.43. The van der Waals surface area contributed by atoms with Gasteiger partial charge in [0.05, 0.1) is 27.7 Å². The van der Waals surface area contributed by atoms with Gasteiger partial charge in [-0.25, -0.2) is 8.42 Å². The van der Waals surface area contributed by atoms with Gasteiger partial charge in [-0.15, -0.1) is 0 Å². The first-order chi connectivity index (χ1) is 21.0. The van der Waals surface area contributed by atoms with Gasteiger partial charge < -0.3 is 15.0 Å². The summed E-state index contributed by atoms with van der Waals surface area (Å²) in [5.74, 6) is -0.368. The van der Waals surface area contributed by atoms with E-state index >= 15 is 0 Å². The summed E-state index contributed by atoms with van der Waals surface area (Å²) in [6.45, 7) is 3.19. The molecule has 3 aromatic rings. The van der Waals surface area contributed by atoms with Crippen molar-refractivity contribution < 1.29 is 22.7 Å². The zero-order chi connectivity index (χ0) is 31.9. The molecule has 1 aliphatic rings. The summed E-state index contributed by atoms with van der Waals surface area (Å²) in [5, 5.41) is 3.83. The molecule has 0 spiro atoms. The molecule has 236 valence electrons. The molecule has 1 aliphatic carbocycles. The summed E-state index contributed by atoms with van der Waals surface area (Å²) in [6.07, 6.45) is 5.33. The zero-order valence-corrected chi connectivity index (χ0v) is 27.6. The number of hydrogen-bond acceptors (Lipinski definition) is 5. The fourth-order valence-corrected chi connectivity index (χ4v) is 7.16. The lowest BCUT2D eigenvalue weighted by Crippen LogP contribution is -2.54. The molecule has 0 heterocycles. The smallest absolute Gasteiger partial charge is 0.264 e. The number of aryl methyl sites for hydroxylation is 1. The molecule has 11 heteroatoms. The number of methoxy groups -OCH3 is 1. The number of benzene rings is 3. The lowest BCUT2D eigenvalue weighted by molar-refractivity contribution is -0.140. The maximum Gasteiger partial charge on any atom is 0.264 e. The summed E-state index contributed by atoms with van der Waals surface area (Å²) < 4.78 is 34.6. The average molecular weight is 661 g/mol. The van der Waals surface area contributed by atoms with E-state index < -0.39 is 28.5 Å². The zero-order valence-electron chi connectivity index (χ0n) is 25.3. The Bertz CT molecular complexity index is 1560. The Morgan fingerprint density at radius 2 is 1.68 bits per heavy atom. The van der Waals surface area contributed by atoms with Crippen LogP contribution in [0.25, 0.3) is 0 Å². The van der Waals surface area contributed by atoms with E-state index in [-0.39, 0.29) is 29.1 Å². The largest absolute Gasteiger partial charge is 0.497 e. The molecular weight excluding hydrogens is 621 g/mol. The first-order valence-electron chi connectivity index (χ1n) is 14.8. The summed E-state index contributed by atoms with van der Waals surface area (Å²) in [4.78, 5) is 29.5. The molecule has 0 bridgehead atoms. The molecule has 0 radical (unpaired) electrons. The third kappa shape index (κ3) is 8.25. The van der Waals surface area contributed by atoms with Crippen molar-refractivity contribution in [3.63, 3.8) is 0 Å². The van der Waals surface area contributed by atoms with Gasteiger partial charge in [-0.1, -0.05) is 79.2 Å². The molecule has 1 N–H and O–H groups in total. The molecule has 1 fully saturated rings. The van der Waals surface area contributed by atoms with Gasteiger partial charge in [0.25, 0.3) is 10.0 Å². The second kappa shape index (κ2) is 15.1. The van der Waals surface area contributed by atoms with Crippen LogP contribution in [0.2, 0.25) is 10.0 Å². The molecule has 0 aliphatic heterocycles. The standard InChI is InChI=1S/C33H39Cl2N3O5S/c1-4-31(33(40)36-25-9-6-5-7-10-25)37(21-24-15-18-29(34)30(35)19-24)32(39)22-38(26-11-8-12-27(20-26)43-3)44(41,42)28-16-13-23(2)14-17-28/h8,11-20,25,31H,4-7,9-10,21-22H2,1-3H3,(H,36,40). The Kier molecular flexibility index (Phi) is 11.6. The van der Waals surface area contributed by atoms with Crippen molar-refractivity contribution in [2.75, 3.05) is 18.0 Å². The van der Waals surface area contributed by atoms with E-state index in [4.69, 9.17) is 27.9 Å². The molecule has 0 saturated heterocycles. The summed E-state index contributed by atoms with van der Waals surface area (Å²) in [7, 11) is -2.71. The highest BCUT2D eigenvalue weighted by Crippen LogP contribution is 2.29. The maximum absolute atomic E-state index is 14.3. The Balaban J connectivity index is 1.73. The summed E-state index contributed by atoms with van der Waals surface area (Å²) in [6, 6.07) is 17.2. The first kappa shape index (κ1) is 33.6. The van der Waals surface area contributed by atoms with Crippen molar-refractivity contribution >= 4 is 50.7 Å². The topological polar surface area (TPSA) is 96.0 Å². The molecule has 4 rings (SSSR count). The van der Waals surface area contributed by atoms with Gasteiger partial charge in [0.1, 0.15) is 18.3 Å². The summed E-state index contributed by atoms with van der Waals surface area (Å²) >= 11 is 12.4. The third-order valence-corrected chi connectivity index (χ3v) is 10.4. The minimum Gasteiger partial charge on any atom is -0.497 e. The van der Waals surface area contributed by atoms with Gasteiger partial charge in [0, 0.05) is 18.7 Å². The van der Waals surface area contributed by atoms with Crippen LogP contribution < -0.4 is 14.4 Å². The van der Waals surface area contributed by atoms with Crippen molar-refractivity contribution in [2.24, 2.45) is 0 Å². The van der Waals surface area contributed by atoms with Gasteiger partial charge in [-0.3, -0.25) is 13.9 Å². The molecule has 44 heavy (non-hydrogen) atoms. The van der Waals surface area contributed by atoms with Crippen molar-refractivity contribution in [3.05, 3.63) is 87.9 Å². The third-order valence-electron chi connectivity index (χ3n) is 7.90. The van der Waals surface area contributed by atoms with E-state index in [1.165, 1.54) is 24.1 Å². The number of nitrogens with one attached hydrogen (secondary N) is 1. The molecule has 2 amide bonds. The highest BCUT2D eigenvalue weighted by atomic mass is 35.5. The van der Waals surface area contributed by atoms with Crippen molar-refractivity contribution in [1.82, 2.24) is 10.2 Å². The van der Waals surface area contributed by atoms with E-state index in [0.29, 0.717) is 27.8 Å². The normalized spacial score (nSPS) is 14.5. The van der Waals surface area contributed by atoms with Crippen molar-refractivity contribution in [1.29, 1.82) is 0 Å². The SMILES string of the molecule is CCC(C(=O)NC1CCCCC1)N(Cc1ccc(Cl)c(Cl)c1)C(=O)CN(c1cccc(OC)c1)S(=O)(=O)c1ccc(C)cc1. The van der Waals surface area contributed by atoms with E-state index in [0.717, 1.165) is 42.0 Å². The number of anilines is 1. The lowest BCUT2D eigenvalue weighted by atomic mass is 9.95. The monoisotopic (exact) mass is 659 g/mol. The van der Waals surface area contributed by atoms with Gasteiger partial charge in [-0.05, 0) is 68.1 Å². The quantitative estimate of drug-likeness (QED) is 0.232. The second-order valence-electron chi connectivity index (χ2n) is 11.1. The maximum atomic E-state index is 14.3. The van der Waals surface area contributed by atoms with E-state index in [2.05, 4.69) is 5.32 Å². The van der Waals surface area contributed by atoms with Gasteiger partial charge in [0.15, 0.2) is 0 Å². The van der Waals surface area contributed by atoms with Gasteiger partial charge in [-0.2, -0.15) is 0 Å². The van der Waals surface area contributed by atoms with Crippen LogP contribution in [0.15, 0.2) is 71.6 Å². The van der Waals surface area contributed by atoms with E-state index in [1.807, 2.05) is 13.8 Å². The van der Waals surface area contributed by atoms with Crippen LogP contribution in [-0.4, -0.2) is 50.9 Å². The highest BCUT2D eigenvalue weighted by Gasteiger charge is 2.34. The molecule has 1 atom stereocenters. The van der Waals surface area contributed by atoms with Crippen LogP contribution in [0, 0.1) is 6.92 Å². The number of ether oxygens (including phenoxy) is 1. The highest BCUT2D eigenvalue weighted by molar-refractivity contribution is 7.92. The molecule has 0 aromatic heterocycles. The second-order valence-corrected chi connectivity index (χ2v) is 13.7. The van der Waals surface area contributed by atoms with Crippen molar-refractivity contribution in [3.8, 4) is 5.75 Å².